The van der Waals surface area contributed by atoms with Crippen LogP contribution in [0.5, 0.6) is 0 Å². The quantitative estimate of drug-likeness (QED) is 0.789. The molecule has 1 atom stereocenters. The summed E-state index contributed by atoms with van der Waals surface area (Å²) in [6.07, 6.45) is 1.57. The van der Waals surface area contributed by atoms with E-state index in [0.717, 1.165) is 5.76 Å². The monoisotopic (exact) mass is 210 g/mol. The van der Waals surface area contributed by atoms with Crippen molar-refractivity contribution in [1.29, 1.82) is 0 Å². The predicted molar refractivity (Wildman–Crippen MR) is 58.0 cm³/mol. The first kappa shape index (κ1) is 11.8. The van der Waals surface area contributed by atoms with Gasteiger partial charge in [-0.25, -0.2) is 0 Å². The van der Waals surface area contributed by atoms with Crippen molar-refractivity contribution in [2.45, 2.75) is 33.4 Å². The number of carbonyl (C=O) groups is 1. The summed E-state index contributed by atoms with van der Waals surface area (Å²) in [4.78, 5) is 11.6. The van der Waals surface area contributed by atoms with E-state index in [1.165, 1.54) is 0 Å². The van der Waals surface area contributed by atoms with E-state index in [2.05, 4.69) is 5.32 Å². The first-order valence-corrected chi connectivity index (χ1v) is 4.97. The molecule has 0 aromatic carbocycles. The van der Waals surface area contributed by atoms with E-state index in [9.17, 15) is 4.79 Å². The Kier molecular flexibility index (Phi) is 3.52. The SMILES string of the molecule is CC(C)(C)[C@H](N)C(=O)NCc1ccco1. The molecule has 0 unspecified atom stereocenters. The van der Waals surface area contributed by atoms with Crippen LogP contribution in [-0.2, 0) is 11.3 Å². The van der Waals surface area contributed by atoms with Crippen molar-refractivity contribution in [3.8, 4) is 0 Å². The van der Waals surface area contributed by atoms with Crippen LogP contribution in [0.15, 0.2) is 22.8 Å². The molecular formula is C11H18N2O2. The molecule has 0 saturated carbocycles. The minimum Gasteiger partial charge on any atom is -0.467 e. The third-order valence-electron chi connectivity index (χ3n) is 2.23. The molecule has 0 bridgehead atoms. The lowest BCUT2D eigenvalue weighted by Gasteiger charge is -2.25. The highest BCUT2D eigenvalue weighted by Gasteiger charge is 2.27. The molecule has 0 saturated heterocycles. The van der Waals surface area contributed by atoms with Crippen LogP contribution >= 0.6 is 0 Å². The van der Waals surface area contributed by atoms with E-state index in [1.807, 2.05) is 26.8 Å². The number of carbonyl (C=O) groups excluding carboxylic acids is 1. The molecule has 4 heteroatoms. The Morgan fingerprint density at radius 1 is 1.60 bits per heavy atom. The largest absolute Gasteiger partial charge is 0.467 e. The van der Waals surface area contributed by atoms with Crippen LogP contribution < -0.4 is 11.1 Å². The Bertz CT molecular complexity index is 312. The smallest absolute Gasteiger partial charge is 0.237 e. The van der Waals surface area contributed by atoms with E-state index in [1.54, 1.807) is 12.3 Å². The molecule has 0 aliphatic heterocycles. The fraction of sp³-hybridized carbons (Fsp3) is 0.545. The lowest BCUT2D eigenvalue weighted by molar-refractivity contribution is -0.124. The summed E-state index contributed by atoms with van der Waals surface area (Å²) in [5, 5.41) is 2.73. The first-order valence-electron chi connectivity index (χ1n) is 4.97. The van der Waals surface area contributed by atoms with Gasteiger partial charge < -0.3 is 15.5 Å². The molecule has 0 aliphatic carbocycles. The van der Waals surface area contributed by atoms with Crippen LogP contribution in [0, 0.1) is 5.41 Å². The standard InChI is InChI=1S/C11H18N2O2/c1-11(2,3)9(12)10(14)13-7-8-5-4-6-15-8/h4-6,9H,7,12H2,1-3H3,(H,13,14)/t9-/m1/s1. The van der Waals surface area contributed by atoms with Gasteiger partial charge in [0, 0.05) is 0 Å². The Labute approximate surface area is 89.8 Å². The molecule has 84 valence electrons. The van der Waals surface area contributed by atoms with Crippen molar-refractivity contribution in [3.05, 3.63) is 24.2 Å². The van der Waals surface area contributed by atoms with Crippen LogP contribution in [0.25, 0.3) is 0 Å². The summed E-state index contributed by atoms with van der Waals surface area (Å²) in [6, 6.07) is 3.08. The minimum atomic E-state index is -0.507. The Hall–Kier alpha value is -1.29. The van der Waals surface area contributed by atoms with Gasteiger partial charge in [-0.15, -0.1) is 0 Å². The van der Waals surface area contributed by atoms with Crippen LogP contribution in [0.3, 0.4) is 0 Å². The summed E-state index contributed by atoms with van der Waals surface area (Å²) in [5.41, 5.74) is 5.56. The first-order chi connectivity index (χ1) is 6.91. The summed E-state index contributed by atoms with van der Waals surface area (Å²) in [5.74, 6) is 0.573. The fourth-order valence-electron chi connectivity index (χ4n) is 1.09. The number of rotatable bonds is 3. The molecule has 15 heavy (non-hydrogen) atoms. The molecule has 4 nitrogen and oxygen atoms in total. The zero-order valence-electron chi connectivity index (χ0n) is 9.41. The van der Waals surface area contributed by atoms with Crippen molar-refractivity contribution >= 4 is 5.91 Å². The molecule has 0 fully saturated rings. The van der Waals surface area contributed by atoms with Gasteiger partial charge in [-0.05, 0) is 17.5 Å². The number of furan rings is 1. The molecule has 1 amide bonds. The van der Waals surface area contributed by atoms with Crippen LogP contribution in [0.2, 0.25) is 0 Å². The molecule has 0 aliphatic rings. The number of nitrogens with one attached hydrogen (secondary N) is 1. The van der Waals surface area contributed by atoms with Gasteiger partial charge in [0.25, 0.3) is 0 Å². The molecule has 1 rings (SSSR count). The van der Waals surface area contributed by atoms with Crippen LogP contribution in [0.1, 0.15) is 26.5 Å². The van der Waals surface area contributed by atoms with Crippen molar-refractivity contribution in [2.24, 2.45) is 11.1 Å². The van der Waals surface area contributed by atoms with E-state index in [4.69, 9.17) is 10.2 Å². The maximum absolute atomic E-state index is 11.6. The molecule has 0 radical (unpaired) electrons. The summed E-state index contributed by atoms with van der Waals surface area (Å²) in [6.45, 7) is 6.19. The highest BCUT2D eigenvalue weighted by atomic mass is 16.3. The average molecular weight is 210 g/mol. The zero-order valence-corrected chi connectivity index (χ0v) is 9.41. The Balaban J connectivity index is 2.43. The van der Waals surface area contributed by atoms with Crippen molar-refractivity contribution in [1.82, 2.24) is 5.32 Å². The van der Waals surface area contributed by atoms with Gasteiger partial charge in [-0.3, -0.25) is 4.79 Å². The van der Waals surface area contributed by atoms with Gasteiger partial charge >= 0.3 is 0 Å². The highest BCUT2D eigenvalue weighted by molar-refractivity contribution is 5.82. The predicted octanol–water partition coefficient (Wildman–Crippen LogP) is 1.27. The lowest BCUT2D eigenvalue weighted by atomic mass is 9.87. The number of nitrogens with two attached hydrogens (primary N) is 1. The zero-order chi connectivity index (χ0) is 11.5. The number of hydrogen-bond acceptors (Lipinski definition) is 3. The molecule has 1 heterocycles. The molecule has 0 spiro atoms. The minimum absolute atomic E-state index is 0.154. The molecule has 3 N–H and O–H groups in total. The topological polar surface area (TPSA) is 68.3 Å². The van der Waals surface area contributed by atoms with Gasteiger partial charge in [0.15, 0.2) is 0 Å². The van der Waals surface area contributed by atoms with Gasteiger partial charge in [0.05, 0.1) is 18.8 Å². The highest BCUT2D eigenvalue weighted by Crippen LogP contribution is 2.17. The maximum Gasteiger partial charge on any atom is 0.237 e. The van der Waals surface area contributed by atoms with E-state index < -0.39 is 6.04 Å². The third kappa shape index (κ3) is 3.40. The van der Waals surface area contributed by atoms with Crippen molar-refractivity contribution < 1.29 is 9.21 Å². The summed E-state index contributed by atoms with van der Waals surface area (Å²) in [7, 11) is 0. The summed E-state index contributed by atoms with van der Waals surface area (Å²) < 4.78 is 5.09. The average Bonchev–Trinajstić information content (AvgIpc) is 2.63. The Morgan fingerprint density at radius 2 is 2.27 bits per heavy atom. The van der Waals surface area contributed by atoms with Gasteiger partial charge in [0.1, 0.15) is 5.76 Å². The van der Waals surface area contributed by atoms with Gasteiger partial charge in [0.2, 0.25) is 5.91 Å². The second-order valence-corrected chi connectivity index (χ2v) is 4.64. The molecule has 1 aromatic heterocycles. The normalized spacial score (nSPS) is 13.6. The lowest BCUT2D eigenvalue weighted by Crippen LogP contribution is -2.48. The fourth-order valence-corrected chi connectivity index (χ4v) is 1.09. The van der Waals surface area contributed by atoms with Crippen LogP contribution in [0.4, 0.5) is 0 Å². The number of amides is 1. The van der Waals surface area contributed by atoms with Crippen molar-refractivity contribution in [2.75, 3.05) is 0 Å². The number of hydrogen-bond donors (Lipinski definition) is 2. The third-order valence-corrected chi connectivity index (χ3v) is 2.23. The second-order valence-electron chi connectivity index (χ2n) is 4.64. The Morgan fingerprint density at radius 3 is 2.73 bits per heavy atom. The maximum atomic E-state index is 11.6. The van der Waals surface area contributed by atoms with Gasteiger partial charge in [-0.2, -0.15) is 0 Å². The second kappa shape index (κ2) is 4.49. The van der Waals surface area contributed by atoms with Gasteiger partial charge in [-0.1, -0.05) is 20.8 Å². The molecule has 1 aromatic rings. The van der Waals surface area contributed by atoms with E-state index in [0.29, 0.717) is 6.54 Å². The van der Waals surface area contributed by atoms with E-state index >= 15 is 0 Å². The molecular weight excluding hydrogens is 192 g/mol. The summed E-state index contributed by atoms with van der Waals surface area (Å²) >= 11 is 0. The van der Waals surface area contributed by atoms with Crippen LogP contribution in [-0.4, -0.2) is 11.9 Å². The van der Waals surface area contributed by atoms with E-state index in [-0.39, 0.29) is 11.3 Å². The van der Waals surface area contributed by atoms with Crippen molar-refractivity contribution in [3.63, 3.8) is 0 Å².